The Morgan fingerprint density at radius 1 is 0.852 bits per heavy atom. The second-order valence-corrected chi connectivity index (χ2v) is 7.38. The maximum Gasteiger partial charge on any atom is 0.227 e. The topological polar surface area (TPSA) is 49.3 Å². The minimum absolute atomic E-state index is 0.140. The standard InChI is InChI=1S/C23H23NO2S/c25-22(19-12-6-2-7-13-19)21(17-27-20-14-8-3-9-15-20)23(26)24-16-18-10-4-1-5-11-18/h1-15,21-22,25H,16-17H2,(H,24,26)/t21-,22-/m0/s1. The summed E-state index contributed by atoms with van der Waals surface area (Å²) >= 11 is 1.58. The van der Waals surface area contributed by atoms with Crippen molar-refractivity contribution in [1.82, 2.24) is 5.32 Å². The third-order valence-electron chi connectivity index (χ3n) is 4.34. The van der Waals surface area contributed by atoms with E-state index in [9.17, 15) is 9.90 Å². The van der Waals surface area contributed by atoms with Crippen LogP contribution in [0.5, 0.6) is 0 Å². The van der Waals surface area contributed by atoms with Crippen LogP contribution in [0.4, 0.5) is 0 Å². The van der Waals surface area contributed by atoms with E-state index < -0.39 is 12.0 Å². The predicted molar refractivity (Wildman–Crippen MR) is 110 cm³/mol. The van der Waals surface area contributed by atoms with Crippen molar-refractivity contribution in [3.63, 3.8) is 0 Å². The number of hydrogen-bond acceptors (Lipinski definition) is 3. The van der Waals surface area contributed by atoms with Gasteiger partial charge >= 0.3 is 0 Å². The van der Waals surface area contributed by atoms with E-state index in [4.69, 9.17) is 0 Å². The van der Waals surface area contributed by atoms with Crippen LogP contribution in [0.15, 0.2) is 95.9 Å². The fraction of sp³-hybridized carbons (Fsp3) is 0.174. The van der Waals surface area contributed by atoms with Gasteiger partial charge in [0.05, 0.1) is 12.0 Å². The molecule has 0 unspecified atom stereocenters. The van der Waals surface area contributed by atoms with Crippen molar-refractivity contribution < 1.29 is 9.90 Å². The molecule has 0 aromatic heterocycles. The number of nitrogens with one attached hydrogen (secondary N) is 1. The number of amides is 1. The maximum absolute atomic E-state index is 12.9. The summed E-state index contributed by atoms with van der Waals surface area (Å²) in [6, 6.07) is 29.1. The second kappa shape index (κ2) is 9.95. The van der Waals surface area contributed by atoms with E-state index in [2.05, 4.69) is 5.32 Å². The van der Waals surface area contributed by atoms with Crippen molar-refractivity contribution in [3.8, 4) is 0 Å². The molecular weight excluding hydrogens is 354 g/mol. The maximum atomic E-state index is 12.9. The number of carbonyl (C=O) groups is 1. The lowest BCUT2D eigenvalue weighted by Gasteiger charge is -2.22. The van der Waals surface area contributed by atoms with Crippen molar-refractivity contribution >= 4 is 17.7 Å². The number of rotatable bonds is 8. The summed E-state index contributed by atoms with van der Waals surface area (Å²) in [5, 5.41) is 13.8. The molecule has 3 rings (SSSR count). The third-order valence-corrected chi connectivity index (χ3v) is 5.47. The molecule has 2 atom stereocenters. The molecule has 0 saturated heterocycles. The highest BCUT2D eigenvalue weighted by molar-refractivity contribution is 7.99. The minimum atomic E-state index is -0.849. The second-order valence-electron chi connectivity index (χ2n) is 6.29. The minimum Gasteiger partial charge on any atom is -0.388 e. The quantitative estimate of drug-likeness (QED) is 0.571. The van der Waals surface area contributed by atoms with Gasteiger partial charge in [0.15, 0.2) is 0 Å². The number of thioether (sulfide) groups is 1. The Balaban J connectivity index is 1.70. The molecule has 27 heavy (non-hydrogen) atoms. The van der Waals surface area contributed by atoms with E-state index in [1.165, 1.54) is 0 Å². The van der Waals surface area contributed by atoms with Gasteiger partial charge in [-0.1, -0.05) is 78.9 Å². The molecule has 0 aliphatic carbocycles. The molecule has 3 aromatic rings. The Hall–Kier alpha value is -2.56. The Kier molecular flexibility index (Phi) is 7.08. The van der Waals surface area contributed by atoms with Gasteiger partial charge in [-0.2, -0.15) is 0 Å². The molecule has 0 fully saturated rings. The summed E-state index contributed by atoms with van der Waals surface area (Å²) < 4.78 is 0. The number of hydrogen-bond donors (Lipinski definition) is 2. The van der Waals surface area contributed by atoms with Gasteiger partial charge in [-0.25, -0.2) is 0 Å². The molecule has 0 saturated carbocycles. The lowest BCUT2D eigenvalue weighted by atomic mass is 9.96. The van der Waals surface area contributed by atoms with Gasteiger partial charge in [-0.3, -0.25) is 4.79 Å². The van der Waals surface area contributed by atoms with Crippen molar-refractivity contribution in [3.05, 3.63) is 102 Å². The number of benzene rings is 3. The van der Waals surface area contributed by atoms with Crippen LogP contribution in [0, 0.1) is 5.92 Å². The van der Waals surface area contributed by atoms with Gasteiger partial charge in [0, 0.05) is 17.2 Å². The average molecular weight is 378 g/mol. The molecule has 2 N–H and O–H groups in total. The largest absolute Gasteiger partial charge is 0.388 e. The average Bonchev–Trinajstić information content (AvgIpc) is 2.74. The predicted octanol–water partition coefficient (Wildman–Crippen LogP) is 4.44. The number of carbonyl (C=O) groups excluding carboxylic acids is 1. The Bertz CT molecular complexity index is 825. The van der Waals surface area contributed by atoms with Crippen molar-refractivity contribution in [2.75, 3.05) is 5.75 Å². The molecule has 0 radical (unpaired) electrons. The van der Waals surface area contributed by atoms with E-state index in [0.29, 0.717) is 12.3 Å². The van der Waals surface area contributed by atoms with Crippen LogP contribution in [-0.2, 0) is 11.3 Å². The number of aliphatic hydroxyl groups excluding tert-OH is 1. The first-order chi connectivity index (χ1) is 13.2. The van der Waals surface area contributed by atoms with Crippen molar-refractivity contribution in [2.45, 2.75) is 17.5 Å². The highest BCUT2D eigenvalue weighted by Gasteiger charge is 2.28. The highest BCUT2D eigenvalue weighted by Crippen LogP contribution is 2.29. The van der Waals surface area contributed by atoms with Crippen molar-refractivity contribution in [1.29, 1.82) is 0 Å². The van der Waals surface area contributed by atoms with Crippen molar-refractivity contribution in [2.24, 2.45) is 5.92 Å². The Morgan fingerprint density at radius 3 is 2.04 bits per heavy atom. The molecule has 4 heteroatoms. The molecule has 1 amide bonds. The third kappa shape index (κ3) is 5.71. The SMILES string of the molecule is O=C(NCc1ccccc1)[C@@H](CSc1ccccc1)[C@@H](O)c1ccccc1. The van der Waals surface area contributed by atoms with Gasteiger partial charge in [0.1, 0.15) is 0 Å². The summed E-state index contributed by atoms with van der Waals surface area (Å²) in [6.07, 6.45) is -0.849. The molecule has 138 valence electrons. The molecular formula is C23H23NO2S. The molecule has 0 spiro atoms. The van der Waals surface area contributed by atoms with Gasteiger partial charge in [-0.15, -0.1) is 11.8 Å². The lowest BCUT2D eigenvalue weighted by Crippen LogP contribution is -2.35. The summed E-state index contributed by atoms with van der Waals surface area (Å²) in [4.78, 5) is 14.0. The zero-order valence-electron chi connectivity index (χ0n) is 15.0. The van der Waals surface area contributed by atoms with E-state index in [-0.39, 0.29) is 5.91 Å². The fourth-order valence-electron chi connectivity index (χ4n) is 2.81. The zero-order valence-corrected chi connectivity index (χ0v) is 15.8. The normalized spacial score (nSPS) is 12.9. The van der Waals surface area contributed by atoms with Crippen LogP contribution in [0.3, 0.4) is 0 Å². The Labute approximate surface area is 164 Å². The van der Waals surface area contributed by atoms with Gasteiger partial charge < -0.3 is 10.4 Å². The Morgan fingerprint density at radius 2 is 1.41 bits per heavy atom. The van der Waals surface area contributed by atoms with Crippen LogP contribution < -0.4 is 5.32 Å². The fourth-order valence-corrected chi connectivity index (χ4v) is 3.87. The van der Waals surface area contributed by atoms with E-state index in [1.807, 2.05) is 91.0 Å². The highest BCUT2D eigenvalue weighted by atomic mass is 32.2. The molecule has 3 aromatic carbocycles. The molecule has 0 aliphatic heterocycles. The molecule has 0 heterocycles. The summed E-state index contributed by atoms with van der Waals surface area (Å²) in [5.41, 5.74) is 1.79. The van der Waals surface area contributed by atoms with E-state index >= 15 is 0 Å². The van der Waals surface area contributed by atoms with Crippen LogP contribution in [0.2, 0.25) is 0 Å². The van der Waals surface area contributed by atoms with Crippen LogP contribution in [-0.4, -0.2) is 16.8 Å². The van der Waals surface area contributed by atoms with Gasteiger partial charge in [-0.05, 0) is 23.3 Å². The van der Waals surface area contributed by atoms with Crippen LogP contribution in [0.1, 0.15) is 17.2 Å². The van der Waals surface area contributed by atoms with Gasteiger partial charge in [0.2, 0.25) is 5.91 Å². The summed E-state index contributed by atoms with van der Waals surface area (Å²) in [6.45, 7) is 0.452. The van der Waals surface area contributed by atoms with E-state index in [1.54, 1.807) is 11.8 Å². The first-order valence-electron chi connectivity index (χ1n) is 8.96. The monoisotopic (exact) mass is 377 g/mol. The molecule has 0 bridgehead atoms. The first kappa shape index (κ1) is 19.2. The lowest BCUT2D eigenvalue weighted by molar-refractivity contribution is -0.127. The molecule has 3 nitrogen and oxygen atoms in total. The number of aliphatic hydroxyl groups is 1. The zero-order chi connectivity index (χ0) is 18.9. The van der Waals surface area contributed by atoms with Crippen LogP contribution in [0.25, 0.3) is 0 Å². The van der Waals surface area contributed by atoms with Crippen LogP contribution >= 0.6 is 11.8 Å². The molecule has 0 aliphatic rings. The summed E-state index contributed by atoms with van der Waals surface area (Å²) in [5.74, 6) is -0.180. The smallest absolute Gasteiger partial charge is 0.227 e. The summed E-state index contributed by atoms with van der Waals surface area (Å²) in [7, 11) is 0. The first-order valence-corrected chi connectivity index (χ1v) is 9.95. The van der Waals surface area contributed by atoms with Gasteiger partial charge in [0.25, 0.3) is 0 Å². The van der Waals surface area contributed by atoms with E-state index in [0.717, 1.165) is 16.0 Å².